The van der Waals surface area contributed by atoms with E-state index in [1.807, 2.05) is 36.4 Å². The van der Waals surface area contributed by atoms with Crippen LogP contribution in [0.1, 0.15) is 102 Å². The van der Waals surface area contributed by atoms with Gasteiger partial charge in [-0.25, -0.2) is 0 Å². The number of nitrogens with zero attached hydrogens (tertiary/aromatic N) is 6. The van der Waals surface area contributed by atoms with E-state index in [0.717, 1.165) is 119 Å². The Morgan fingerprint density at radius 3 is 1.57 bits per heavy atom. The maximum absolute atomic E-state index is 13.7. The van der Waals surface area contributed by atoms with E-state index >= 15 is 0 Å². The number of hydrogen-bond acceptors (Lipinski definition) is 11. The van der Waals surface area contributed by atoms with Crippen LogP contribution in [-0.2, 0) is 30.2 Å². The second kappa shape index (κ2) is 29.7. The number of morpholine rings is 1. The molecule has 3 saturated heterocycles. The number of halogens is 7. The van der Waals surface area contributed by atoms with Crippen molar-refractivity contribution in [1.82, 2.24) is 30.4 Å². The maximum Gasteiger partial charge on any atom is 0.416 e. The Morgan fingerprint density at radius 2 is 1.03 bits per heavy atom. The van der Waals surface area contributed by atoms with Crippen LogP contribution in [0.25, 0.3) is 22.5 Å². The lowest BCUT2D eigenvalue weighted by Crippen LogP contribution is -2.41. The Bertz CT molecular complexity index is 3520. The molecule has 0 radical (unpaired) electrons. The second-order valence-corrected chi connectivity index (χ2v) is 21.4. The van der Waals surface area contributed by atoms with E-state index in [1.165, 1.54) is 43.1 Å². The van der Waals surface area contributed by atoms with Crippen LogP contribution < -0.4 is 31.5 Å². The van der Waals surface area contributed by atoms with Crippen LogP contribution in [0.5, 0.6) is 0 Å². The van der Waals surface area contributed by atoms with Gasteiger partial charge in [0.1, 0.15) is 0 Å². The lowest BCUT2D eigenvalue weighted by molar-refractivity contribution is -0.138. The smallest absolute Gasteiger partial charge is 0.398 e. The molecule has 5 N–H and O–H groups in total. The molecule has 87 heavy (non-hydrogen) atoms. The van der Waals surface area contributed by atoms with Crippen molar-refractivity contribution in [2.75, 3.05) is 93.5 Å². The van der Waals surface area contributed by atoms with Gasteiger partial charge in [0.2, 0.25) is 0 Å². The number of nitrogens with two attached hydrogens (primary N) is 1. The monoisotopic (exact) mass is 1220 g/mol. The van der Waals surface area contributed by atoms with Gasteiger partial charge >= 0.3 is 12.4 Å². The molecule has 15 nitrogen and oxygen atoms in total. The van der Waals surface area contributed by atoms with Crippen LogP contribution >= 0.6 is 12.4 Å². The third kappa shape index (κ3) is 17.6. The van der Waals surface area contributed by atoms with Gasteiger partial charge in [-0.2, -0.15) is 26.3 Å². The minimum Gasteiger partial charge on any atom is -0.398 e. The highest BCUT2D eigenvalue weighted by Gasteiger charge is 2.32. The first-order chi connectivity index (χ1) is 41.4. The van der Waals surface area contributed by atoms with Gasteiger partial charge in [0.15, 0.2) is 0 Å². The summed E-state index contributed by atoms with van der Waals surface area (Å²) in [5.74, 6) is -1.49. The molecule has 0 unspecified atom stereocenters. The lowest BCUT2D eigenvalue weighted by Gasteiger charge is -2.29. The molecule has 4 amide bonds. The molecule has 5 heterocycles. The van der Waals surface area contributed by atoms with Gasteiger partial charge in [-0.1, -0.05) is 30.3 Å². The number of alkyl halides is 6. The van der Waals surface area contributed by atoms with E-state index in [4.69, 9.17) is 10.5 Å². The first-order valence-electron chi connectivity index (χ1n) is 28.7. The number of rotatable bonds is 16. The number of amides is 4. The molecule has 458 valence electrons. The lowest BCUT2D eigenvalue weighted by atomic mass is 10.0. The minimum atomic E-state index is -4.49. The third-order valence-electron chi connectivity index (χ3n) is 15.3. The number of pyridine rings is 2. The van der Waals surface area contributed by atoms with Crippen LogP contribution in [0, 0.1) is 0 Å². The average molecular weight is 1220 g/mol. The van der Waals surface area contributed by atoms with Gasteiger partial charge in [-0.3, -0.25) is 34.0 Å². The molecule has 3 aliphatic rings. The van der Waals surface area contributed by atoms with E-state index in [1.54, 1.807) is 60.5 Å². The standard InChI is InChI=1S/C40H43F3N6O4.C25H25F3N4O.ClH/c1-47(17-18-48-19-21-53-22-20-48)39(52)31-9-6-8-29(24-31)38(51)46-35-12-11-33(49-15-3-2-4-16-49)26-34(35)36-25-30(13-14-44-36)37(50)45-27-28-7-5-10-32(23-28)40(41,42)43;26-25(27,28)19-6-4-5-17(13-19)16-31-24(33)18-9-10-30-23(14-18)21-15-20(7-8-22(21)29)32-11-2-1-3-12-32;/h5-14,23-26H,2-4,15-22,27H2,1H3,(H,45,50)(H,46,51);4-10,13-15H,1-3,11-12,16,29H2,(H,31,33);1H. The number of carbonyl (C=O) groups is 4. The fourth-order valence-electron chi connectivity index (χ4n) is 10.5. The zero-order valence-electron chi connectivity index (χ0n) is 48.1. The summed E-state index contributed by atoms with van der Waals surface area (Å²) in [6.45, 7) is 7.93. The van der Waals surface area contributed by atoms with E-state index in [-0.39, 0.29) is 37.0 Å². The van der Waals surface area contributed by atoms with Crippen molar-refractivity contribution in [3.63, 3.8) is 0 Å². The maximum atomic E-state index is 13.7. The van der Waals surface area contributed by atoms with Crippen molar-refractivity contribution in [3.8, 4) is 22.5 Å². The number of nitrogen functional groups attached to an aromatic ring is 1. The summed E-state index contributed by atoms with van der Waals surface area (Å²) in [6.07, 6.45) is 0.910. The number of nitrogens with one attached hydrogen (secondary N) is 3. The highest BCUT2D eigenvalue weighted by Crippen LogP contribution is 2.35. The molecular formula is C65H69ClF6N10O5. The van der Waals surface area contributed by atoms with Gasteiger partial charge < -0.3 is 41.1 Å². The van der Waals surface area contributed by atoms with Crippen molar-refractivity contribution in [2.24, 2.45) is 0 Å². The Hall–Kier alpha value is -8.53. The predicted molar refractivity (Wildman–Crippen MR) is 327 cm³/mol. The van der Waals surface area contributed by atoms with Crippen LogP contribution in [-0.4, -0.2) is 116 Å². The quantitative estimate of drug-likeness (QED) is 0.0535. The van der Waals surface area contributed by atoms with Crippen LogP contribution in [0.15, 0.2) is 146 Å². The third-order valence-corrected chi connectivity index (χ3v) is 15.3. The number of carbonyl (C=O) groups excluding carboxylic acids is 4. The molecular weight excluding hydrogens is 1150 g/mol. The van der Waals surface area contributed by atoms with Crippen molar-refractivity contribution in [3.05, 3.63) is 190 Å². The number of ether oxygens (including phenoxy) is 1. The molecule has 22 heteroatoms. The van der Waals surface area contributed by atoms with Crippen molar-refractivity contribution in [1.29, 1.82) is 0 Å². The number of piperidine rings is 2. The molecule has 3 fully saturated rings. The molecule has 10 rings (SSSR count). The van der Waals surface area contributed by atoms with Gasteiger partial charge in [-0.05, 0) is 153 Å². The number of anilines is 4. The summed E-state index contributed by atoms with van der Waals surface area (Å²) in [7, 11) is 1.75. The fourth-order valence-corrected chi connectivity index (χ4v) is 10.5. The Kier molecular flexibility index (Phi) is 22.0. The first kappa shape index (κ1) is 64.5. The summed E-state index contributed by atoms with van der Waals surface area (Å²) in [5, 5.41) is 8.38. The van der Waals surface area contributed by atoms with Crippen molar-refractivity contribution < 1.29 is 50.3 Å². The molecule has 0 bridgehead atoms. The Labute approximate surface area is 507 Å². The Balaban J connectivity index is 0.000000248. The predicted octanol–water partition coefficient (Wildman–Crippen LogP) is 12.0. The van der Waals surface area contributed by atoms with Crippen molar-refractivity contribution in [2.45, 2.75) is 64.0 Å². The topological polar surface area (TPSA) is 178 Å². The summed E-state index contributed by atoms with van der Waals surface area (Å²) < 4.78 is 83.8. The normalized spacial score (nSPS) is 14.6. The summed E-state index contributed by atoms with van der Waals surface area (Å²) in [4.78, 5) is 70.4. The van der Waals surface area contributed by atoms with Gasteiger partial charge in [0.05, 0.1) is 41.4 Å². The van der Waals surface area contributed by atoms with Gasteiger partial charge in [0.25, 0.3) is 23.6 Å². The van der Waals surface area contributed by atoms with Crippen LogP contribution in [0.2, 0.25) is 0 Å². The van der Waals surface area contributed by atoms with Crippen molar-refractivity contribution >= 4 is 58.8 Å². The van der Waals surface area contributed by atoms with E-state index < -0.39 is 41.2 Å². The van der Waals surface area contributed by atoms with Crippen LogP contribution in [0.3, 0.4) is 0 Å². The van der Waals surface area contributed by atoms with Crippen LogP contribution in [0.4, 0.5) is 49.1 Å². The highest BCUT2D eigenvalue weighted by molar-refractivity contribution is 6.08. The number of likely N-dealkylation sites (N-methyl/N-ethyl adjacent to an activating group) is 1. The molecule has 0 spiro atoms. The average Bonchev–Trinajstić information content (AvgIpc) is 3.69. The zero-order chi connectivity index (χ0) is 60.8. The molecule has 0 atom stereocenters. The largest absolute Gasteiger partial charge is 0.416 e. The van der Waals surface area contributed by atoms with Gasteiger partial charge in [0, 0.05) is 135 Å². The molecule has 0 saturated carbocycles. The molecule has 3 aliphatic heterocycles. The number of aromatic nitrogens is 2. The Morgan fingerprint density at radius 1 is 0.552 bits per heavy atom. The molecule has 5 aromatic carbocycles. The highest BCUT2D eigenvalue weighted by atomic mass is 35.5. The zero-order valence-corrected chi connectivity index (χ0v) is 48.9. The summed E-state index contributed by atoms with van der Waals surface area (Å²) in [6, 6.07) is 34.2. The van der Waals surface area contributed by atoms with E-state index in [0.29, 0.717) is 75.9 Å². The number of benzene rings is 5. The summed E-state index contributed by atoms with van der Waals surface area (Å²) >= 11 is 0. The molecule has 7 aromatic rings. The SMILES string of the molecule is CN(CCN1CCOCC1)C(=O)c1cccc(C(=O)Nc2ccc(N3CCCCC3)cc2-c2cc(C(=O)NCc3cccc(C(F)(F)F)c3)ccn2)c1.Cl.Nc1ccc(N2CCCCC2)cc1-c1cc(C(=O)NCc2cccc(C(F)(F)F)c2)ccn1. The molecule has 0 aliphatic carbocycles. The van der Waals surface area contributed by atoms with Gasteiger partial charge in [-0.15, -0.1) is 12.4 Å². The van der Waals surface area contributed by atoms with E-state index in [2.05, 4.69) is 40.6 Å². The minimum absolute atomic E-state index is 0. The number of hydrogen-bond donors (Lipinski definition) is 4. The van der Waals surface area contributed by atoms with E-state index in [9.17, 15) is 45.5 Å². The summed E-state index contributed by atoms with van der Waals surface area (Å²) in [5.41, 5.74) is 12.0. The molecule has 2 aromatic heterocycles. The first-order valence-corrected chi connectivity index (χ1v) is 28.7. The fraction of sp³-hybridized carbons (Fsp3) is 0.323. The second-order valence-electron chi connectivity index (χ2n) is 21.4.